The summed E-state index contributed by atoms with van der Waals surface area (Å²) in [6.07, 6.45) is 1.01. The van der Waals surface area contributed by atoms with E-state index >= 15 is 0 Å². The highest BCUT2D eigenvalue weighted by Gasteiger charge is 2.59. The maximum Gasteiger partial charge on any atom is 0.303 e. The Hall–Kier alpha value is -3.55. The van der Waals surface area contributed by atoms with Gasteiger partial charge in [0.05, 0.1) is 19.3 Å². The van der Waals surface area contributed by atoms with Crippen LogP contribution >= 0.6 is 0 Å². The zero-order valence-corrected chi connectivity index (χ0v) is 23.0. The van der Waals surface area contributed by atoms with Crippen LogP contribution in [0.25, 0.3) is 11.1 Å². The third-order valence-corrected chi connectivity index (χ3v) is 7.63. The van der Waals surface area contributed by atoms with Gasteiger partial charge in [-0.2, -0.15) is 0 Å². The maximum absolute atomic E-state index is 11.6. The molecule has 2 atom stereocenters. The highest BCUT2D eigenvalue weighted by molar-refractivity contribution is 5.75. The molecule has 3 aromatic carbocycles. The second kappa shape index (κ2) is 10.9. The monoisotopic (exact) mass is 532 g/mol. The lowest BCUT2D eigenvalue weighted by Gasteiger charge is -2.18. The standard InChI is InChI=1S/C32H36O7/c1-19-14-26(36-13-10-24(35)17-33)15-20(2)30(19)27-7-5-6-23(21(27)3)18-37-25-8-9-28-29(16-25)39-32(11-12-32)31(28)38-22(4)34/h5-9,14-16,24,31,33,35H,10-13,17-18H2,1-4H3/t24-,31?/m0/s1. The number of carbonyl (C=O) groups excluding carboxylic acids is 1. The largest absolute Gasteiger partial charge is 0.493 e. The summed E-state index contributed by atoms with van der Waals surface area (Å²) in [5.41, 5.74) is 7.22. The Morgan fingerprint density at radius 3 is 2.46 bits per heavy atom. The average Bonchev–Trinajstić information content (AvgIpc) is 3.61. The zero-order valence-electron chi connectivity index (χ0n) is 23.0. The summed E-state index contributed by atoms with van der Waals surface area (Å²) in [5, 5.41) is 18.5. The molecule has 2 aliphatic rings. The summed E-state index contributed by atoms with van der Waals surface area (Å²) in [6.45, 7) is 8.16. The van der Waals surface area contributed by atoms with Crippen LogP contribution in [-0.2, 0) is 16.1 Å². The second-order valence-corrected chi connectivity index (χ2v) is 10.6. The minimum Gasteiger partial charge on any atom is -0.493 e. The van der Waals surface area contributed by atoms with E-state index < -0.39 is 11.7 Å². The first-order valence-electron chi connectivity index (χ1n) is 13.5. The fourth-order valence-electron chi connectivity index (χ4n) is 5.40. The molecule has 0 bridgehead atoms. The van der Waals surface area contributed by atoms with Crippen molar-refractivity contribution < 1.29 is 34.0 Å². The molecule has 3 aromatic rings. The number of fused-ring (bicyclic) bond motifs is 1. The van der Waals surface area contributed by atoms with Gasteiger partial charge in [-0.25, -0.2) is 0 Å². The lowest BCUT2D eigenvalue weighted by atomic mass is 9.90. The van der Waals surface area contributed by atoms with Crippen LogP contribution in [0.15, 0.2) is 48.5 Å². The Morgan fingerprint density at radius 1 is 1.05 bits per heavy atom. The molecular formula is C32H36O7. The molecular weight excluding hydrogens is 496 g/mol. The van der Waals surface area contributed by atoms with Gasteiger partial charge in [-0.05, 0) is 91.3 Å². The fourth-order valence-corrected chi connectivity index (χ4v) is 5.40. The molecule has 2 N–H and O–H groups in total. The summed E-state index contributed by atoms with van der Waals surface area (Å²) in [7, 11) is 0. The van der Waals surface area contributed by atoms with Gasteiger partial charge in [0.25, 0.3) is 0 Å². The molecule has 7 nitrogen and oxygen atoms in total. The average molecular weight is 533 g/mol. The van der Waals surface area contributed by atoms with Crippen LogP contribution in [0, 0.1) is 20.8 Å². The normalized spacial score (nSPS) is 17.3. The number of rotatable bonds is 10. The number of esters is 1. The third kappa shape index (κ3) is 5.60. The van der Waals surface area contributed by atoms with E-state index in [2.05, 4.69) is 32.9 Å². The Morgan fingerprint density at radius 2 is 1.79 bits per heavy atom. The van der Waals surface area contributed by atoms with Crippen molar-refractivity contribution in [3.8, 4) is 28.4 Å². The van der Waals surface area contributed by atoms with Crippen molar-refractivity contribution in [3.63, 3.8) is 0 Å². The minimum absolute atomic E-state index is 0.267. The molecule has 5 rings (SSSR count). The second-order valence-electron chi connectivity index (χ2n) is 10.6. The van der Waals surface area contributed by atoms with Gasteiger partial charge in [-0.3, -0.25) is 4.79 Å². The molecule has 0 aromatic heterocycles. The van der Waals surface area contributed by atoms with Crippen molar-refractivity contribution in [2.45, 2.75) is 71.4 Å². The van der Waals surface area contributed by atoms with Crippen molar-refractivity contribution >= 4 is 5.97 Å². The van der Waals surface area contributed by atoms with Crippen molar-refractivity contribution in [1.82, 2.24) is 0 Å². The van der Waals surface area contributed by atoms with Gasteiger partial charge < -0.3 is 29.2 Å². The summed E-state index contributed by atoms with van der Waals surface area (Å²) in [6, 6.07) is 16.0. The van der Waals surface area contributed by atoms with E-state index in [9.17, 15) is 9.90 Å². The number of aryl methyl sites for hydroxylation is 2. The minimum atomic E-state index is -0.768. The Balaban J connectivity index is 1.30. The molecule has 0 radical (unpaired) electrons. The molecule has 1 aliphatic heterocycles. The number of ether oxygens (including phenoxy) is 4. The molecule has 1 unspecified atom stereocenters. The zero-order chi connectivity index (χ0) is 27.7. The lowest BCUT2D eigenvalue weighted by molar-refractivity contribution is -0.151. The quantitative estimate of drug-likeness (QED) is 0.333. The predicted molar refractivity (Wildman–Crippen MR) is 147 cm³/mol. The number of aliphatic hydroxyl groups excluding tert-OH is 2. The topological polar surface area (TPSA) is 94.5 Å². The number of aliphatic hydroxyl groups is 2. The molecule has 0 amide bonds. The van der Waals surface area contributed by atoms with Crippen LogP contribution in [0.1, 0.15) is 60.1 Å². The van der Waals surface area contributed by atoms with Crippen LogP contribution in [0.4, 0.5) is 0 Å². The summed E-state index contributed by atoms with van der Waals surface area (Å²) in [5.74, 6) is 1.88. The number of carbonyl (C=O) groups is 1. The molecule has 1 heterocycles. The predicted octanol–water partition coefficient (Wildman–Crippen LogP) is 5.51. The summed E-state index contributed by atoms with van der Waals surface area (Å²) >= 11 is 0. The van der Waals surface area contributed by atoms with E-state index in [4.69, 9.17) is 24.1 Å². The van der Waals surface area contributed by atoms with Crippen LogP contribution in [0.3, 0.4) is 0 Å². The fraction of sp³-hybridized carbons (Fsp3) is 0.406. The van der Waals surface area contributed by atoms with Gasteiger partial charge in [0.2, 0.25) is 0 Å². The van der Waals surface area contributed by atoms with Gasteiger partial charge in [0.1, 0.15) is 23.9 Å². The van der Waals surface area contributed by atoms with Crippen LogP contribution < -0.4 is 14.2 Å². The van der Waals surface area contributed by atoms with E-state index in [1.807, 2.05) is 36.4 Å². The van der Waals surface area contributed by atoms with E-state index in [0.29, 0.717) is 25.4 Å². The van der Waals surface area contributed by atoms with E-state index in [1.165, 1.54) is 6.92 Å². The van der Waals surface area contributed by atoms with Crippen molar-refractivity contribution in [3.05, 3.63) is 76.3 Å². The van der Waals surface area contributed by atoms with Gasteiger partial charge in [0.15, 0.2) is 11.7 Å². The summed E-state index contributed by atoms with van der Waals surface area (Å²) < 4.78 is 23.8. The van der Waals surface area contributed by atoms with Gasteiger partial charge >= 0.3 is 5.97 Å². The van der Waals surface area contributed by atoms with Gasteiger partial charge in [-0.1, -0.05) is 18.2 Å². The molecule has 0 saturated heterocycles. The van der Waals surface area contributed by atoms with Crippen LogP contribution in [0.2, 0.25) is 0 Å². The van der Waals surface area contributed by atoms with Crippen LogP contribution in [-0.4, -0.2) is 41.1 Å². The number of hydrogen-bond donors (Lipinski definition) is 2. The first-order chi connectivity index (χ1) is 18.7. The molecule has 1 saturated carbocycles. The van der Waals surface area contributed by atoms with Crippen molar-refractivity contribution in [2.24, 2.45) is 0 Å². The highest BCUT2D eigenvalue weighted by atomic mass is 16.6. The van der Waals surface area contributed by atoms with Crippen LogP contribution in [0.5, 0.6) is 17.2 Å². The Labute approximate surface area is 229 Å². The smallest absolute Gasteiger partial charge is 0.303 e. The van der Waals surface area contributed by atoms with Crippen molar-refractivity contribution in [2.75, 3.05) is 13.2 Å². The Bertz CT molecular complexity index is 1350. The third-order valence-electron chi connectivity index (χ3n) is 7.63. The first-order valence-corrected chi connectivity index (χ1v) is 13.5. The molecule has 1 spiro atoms. The number of hydrogen-bond acceptors (Lipinski definition) is 7. The first kappa shape index (κ1) is 27.0. The molecule has 1 fully saturated rings. The molecule has 1 aliphatic carbocycles. The van der Waals surface area contributed by atoms with Crippen molar-refractivity contribution in [1.29, 1.82) is 0 Å². The Kier molecular flexibility index (Phi) is 7.56. The van der Waals surface area contributed by atoms with E-state index in [-0.39, 0.29) is 18.7 Å². The van der Waals surface area contributed by atoms with E-state index in [1.54, 1.807) is 0 Å². The SMILES string of the molecule is CC(=O)OC1c2ccc(OCc3cccc(-c4c(C)cc(OCC[C@H](O)CO)cc4C)c3C)cc2OC12CC2. The molecule has 39 heavy (non-hydrogen) atoms. The molecule has 206 valence electrons. The lowest BCUT2D eigenvalue weighted by Crippen LogP contribution is -2.24. The molecule has 7 heteroatoms. The highest BCUT2D eigenvalue weighted by Crippen LogP contribution is 2.58. The number of benzene rings is 3. The van der Waals surface area contributed by atoms with Gasteiger partial charge in [0, 0.05) is 25.0 Å². The van der Waals surface area contributed by atoms with E-state index in [0.717, 1.165) is 63.3 Å². The van der Waals surface area contributed by atoms with Gasteiger partial charge in [-0.15, -0.1) is 0 Å². The summed E-state index contributed by atoms with van der Waals surface area (Å²) in [4.78, 5) is 11.6. The maximum atomic E-state index is 11.6.